The molecule has 130 valence electrons. The van der Waals surface area contributed by atoms with E-state index in [0.29, 0.717) is 22.1 Å². The van der Waals surface area contributed by atoms with Crippen molar-refractivity contribution in [3.05, 3.63) is 81.5 Å². The topological polar surface area (TPSA) is 50.7 Å². The number of nitrogens with zero attached hydrogens (tertiary/aromatic N) is 2. The molecule has 0 aliphatic heterocycles. The molecule has 0 saturated carbocycles. The van der Waals surface area contributed by atoms with Crippen LogP contribution in [0.1, 0.15) is 12.5 Å². The van der Waals surface area contributed by atoms with Crippen molar-refractivity contribution in [2.24, 2.45) is 0 Å². The minimum atomic E-state index is -0.454. The van der Waals surface area contributed by atoms with E-state index in [-0.39, 0.29) is 5.56 Å². The molecule has 2 heterocycles. The molecule has 0 radical (unpaired) electrons. The molecule has 2 aromatic carbocycles. The minimum absolute atomic E-state index is 0.244. The maximum Gasteiger partial charge on any atom is 0.248 e. The number of fused-ring (bicyclic) bond motifs is 1. The van der Waals surface area contributed by atoms with Crippen LogP contribution in [0.15, 0.2) is 59.5 Å². The highest BCUT2D eigenvalue weighted by Crippen LogP contribution is 2.30. The summed E-state index contributed by atoms with van der Waals surface area (Å²) in [5.41, 5.74) is 3.32. The predicted molar refractivity (Wildman–Crippen MR) is 101 cm³/mol. The Balaban J connectivity index is 2.10. The van der Waals surface area contributed by atoms with Crippen molar-refractivity contribution in [2.75, 3.05) is 0 Å². The Morgan fingerprint density at radius 1 is 1.15 bits per heavy atom. The Labute approximate surface area is 153 Å². The molecule has 0 saturated heterocycles. The van der Waals surface area contributed by atoms with Gasteiger partial charge < -0.3 is 4.98 Å². The zero-order valence-corrected chi connectivity index (χ0v) is 14.7. The number of H-pyrrole nitrogens is 1. The zero-order valence-electron chi connectivity index (χ0n) is 14.0. The standard InChI is InChI=1S/C20H15ClFN3O/c1-2-12-3-5-16-18(9-12)25(17-6-4-14(21)11-15(17)22)20(24-16)13-7-8-23-19(26)10-13/h3-11H,2H2,1H3,(H,23,26). The van der Waals surface area contributed by atoms with Gasteiger partial charge in [-0.2, -0.15) is 0 Å². The zero-order chi connectivity index (χ0) is 18.3. The van der Waals surface area contributed by atoms with E-state index in [9.17, 15) is 9.18 Å². The predicted octanol–water partition coefficient (Wildman–Crippen LogP) is 4.74. The molecule has 0 amide bonds. The summed E-state index contributed by atoms with van der Waals surface area (Å²) in [7, 11) is 0. The first-order chi connectivity index (χ1) is 12.6. The molecule has 0 aliphatic rings. The molecule has 4 rings (SSSR count). The van der Waals surface area contributed by atoms with Gasteiger partial charge in [0.15, 0.2) is 0 Å². The normalized spacial score (nSPS) is 11.2. The number of nitrogens with one attached hydrogen (secondary N) is 1. The molecule has 26 heavy (non-hydrogen) atoms. The quantitative estimate of drug-likeness (QED) is 0.568. The van der Waals surface area contributed by atoms with E-state index < -0.39 is 5.82 Å². The molecular weight excluding hydrogens is 353 g/mol. The molecule has 2 aromatic heterocycles. The first-order valence-corrected chi connectivity index (χ1v) is 8.60. The number of halogens is 2. The number of imidazole rings is 1. The van der Waals surface area contributed by atoms with Crippen molar-refractivity contribution in [1.82, 2.24) is 14.5 Å². The molecule has 0 aliphatic carbocycles. The van der Waals surface area contributed by atoms with Crippen molar-refractivity contribution in [1.29, 1.82) is 0 Å². The van der Waals surface area contributed by atoms with Gasteiger partial charge in [-0.1, -0.05) is 24.6 Å². The lowest BCUT2D eigenvalue weighted by molar-refractivity contribution is 0.620. The summed E-state index contributed by atoms with van der Waals surface area (Å²) >= 11 is 5.91. The lowest BCUT2D eigenvalue weighted by Crippen LogP contribution is -2.05. The third-order valence-corrected chi connectivity index (χ3v) is 4.55. The molecule has 4 nitrogen and oxygen atoms in total. The smallest absolute Gasteiger partial charge is 0.248 e. The average Bonchev–Trinajstić information content (AvgIpc) is 3.00. The fourth-order valence-electron chi connectivity index (χ4n) is 3.02. The summed E-state index contributed by atoms with van der Waals surface area (Å²) in [6, 6.07) is 13.6. The van der Waals surface area contributed by atoms with Crippen LogP contribution >= 0.6 is 11.6 Å². The lowest BCUT2D eigenvalue weighted by atomic mass is 10.1. The number of aryl methyl sites for hydroxylation is 1. The van der Waals surface area contributed by atoms with Gasteiger partial charge in [0.1, 0.15) is 11.6 Å². The van der Waals surface area contributed by atoms with Gasteiger partial charge in [-0.3, -0.25) is 9.36 Å². The van der Waals surface area contributed by atoms with Gasteiger partial charge in [-0.05, 0) is 48.4 Å². The number of hydrogen-bond acceptors (Lipinski definition) is 2. The number of hydrogen-bond donors (Lipinski definition) is 1. The Morgan fingerprint density at radius 2 is 2.00 bits per heavy atom. The summed E-state index contributed by atoms with van der Waals surface area (Å²) < 4.78 is 16.4. The van der Waals surface area contributed by atoms with Crippen LogP contribution in [-0.2, 0) is 6.42 Å². The molecular formula is C20H15ClFN3O. The van der Waals surface area contributed by atoms with Crippen LogP contribution in [-0.4, -0.2) is 14.5 Å². The highest BCUT2D eigenvalue weighted by Gasteiger charge is 2.17. The van der Waals surface area contributed by atoms with Crippen molar-refractivity contribution in [3.8, 4) is 17.1 Å². The number of aromatic nitrogens is 3. The highest BCUT2D eigenvalue weighted by molar-refractivity contribution is 6.30. The second-order valence-electron chi connectivity index (χ2n) is 5.98. The maximum absolute atomic E-state index is 14.7. The van der Waals surface area contributed by atoms with Crippen LogP contribution in [0.2, 0.25) is 5.02 Å². The van der Waals surface area contributed by atoms with E-state index in [1.165, 1.54) is 12.1 Å². The fourth-order valence-corrected chi connectivity index (χ4v) is 3.18. The van der Waals surface area contributed by atoms with Crippen LogP contribution < -0.4 is 5.56 Å². The highest BCUT2D eigenvalue weighted by atomic mass is 35.5. The number of pyridine rings is 1. The average molecular weight is 368 g/mol. The Kier molecular flexibility index (Phi) is 4.09. The lowest BCUT2D eigenvalue weighted by Gasteiger charge is -2.11. The van der Waals surface area contributed by atoms with E-state index in [2.05, 4.69) is 16.9 Å². The fraction of sp³-hybridized carbons (Fsp3) is 0.100. The first kappa shape index (κ1) is 16.5. The van der Waals surface area contributed by atoms with Crippen molar-refractivity contribution in [2.45, 2.75) is 13.3 Å². The third-order valence-electron chi connectivity index (χ3n) is 4.31. The summed E-state index contributed by atoms with van der Waals surface area (Å²) in [6.45, 7) is 2.06. The molecule has 0 spiro atoms. The second kappa shape index (κ2) is 6.42. The van der Waals surface area contributed by atoms with Gasteiger partial charge in [-0.15, -0.1) is 0 Å². The van der Waals surface area contributed by atoms with E-state index in [1.54, 1.807) is 29.0 Å². The van der Waals surface area contributed by atoms with Gasteiger partial charge in [0, 0.05) is 22.8 Å². The van der Waals surface area contributed by atoms with Crippen molar-refractivity contribution in [3.63, 3.8) is 0 Å². The van der Waals surface area contributed by atoms with Gasteiger partial charge in [0.05, 0.1) is 16.7 Å². The molecule has 0 atom stereocenters. The van der Waals surface area contributed by atoms with E-state index >= 15 is 0 Å². The molecule has 6 heteroatoms. The minimum Gasteiger partial charge on any atom is -0.329 e. The number of rotatable bonds is 3. The Morgan fingerprint density at radius 3 is 2.73 bits per heavy atom. The van der Waals surface area contributed by atoms with Gasteiger partial charge in [-0.25, -0.2) is 9.37 Å². The molecule has 0 unspecified atom stereocenters. The molecule has 0 fully saturated rings. The molecule has 0 bridgehead atoms. The van der Waals surface area contributed by atoms with Crippen LogP contribution in [0.5, 0.6) is 0 Å². The Bertz CT molecular complexity index is 1180. The van der Waals surface area contributed by atoms with E-state index in [1.807, 2.05) is 18.2 Å². The summed E-state index contributed by atoms with van der Waals surface area (Å²) in [6.07, 6.45) is 2.40. The third kappa shape index (κ3) is 2.80. The van der Waals surface area contributed by atoms with Crippen molar-refractivity contribution < 1.29 is 4.39 Å². The summed E-state index contributed by atoms with van der Waals surface area (Å²) in [5, 5.41) is 0.322. The Hall–Kier alpha value is -2.92. The van der Waals surface area contributed by atoms with Crippen molar-refractivity contribution >= 4 is 22.6 Å². The summed E-state index contributed by atoms with van der Waals surface area (Å²) in [5.74, 6) is 0.0466. The maximum atomic E-state index is 14.7. The van der Waals surface area contributed by atoms with Gasteiger partial charge >= 0.3 is 0 Å². The monoisotopic (exact) mass is 367 g/mol. The second-order valence-corrected chi connectivity index (χ2v) is 6.42. The van der Waals surface area contributed by atoms with Gasteiger partial charge in [0.25, 0.3) is 0 Å². The van der Waals surface area contributed by atoms with E-state index in [4.69, 9.17) is 11.6 Å². The molecule has 1 N–H and O–H groups in total. The van der Waals surface area contributed by atoms with E-state index in [0.717, 1.165) is 23.0 Å². The van der Waals surface area contributed by atoms with Crippen LogP contribution in [0.3, 0.4) is 0 Å². The van der Waals surface area contributed by atoms with Crippen LogP contribution in [0.4, 0.5) is 4.39 Å². The number of benzene rings is 2. The SMILES string of the molecule is CCc1ccc2nc(-c3cc[nH]c(=O)c3)n(-c3ccc(Cl)cc3F)c2c1. The van der Waals surface area contributed by atoms with Gasteiger partial charge in [0.2, 0.25) is 5.56 Å². The molecule has 4 aromatic rings. The number of aromatic amines is 1. The van der Waals surface area contributed by atoms with Crippen LogP contribution in [0, 0.1) is 5.82 Å². The summed E-state index contributed by atoms with van der Waals surface area (Å²) in [4.78, 5) is 19.0. The largest absolute Gasteiger partial charge is 0.329 e. The van der Waals surface area contributed by atoms with Crippen LogP contribution in [0.25, 0.3) is 28.1 Å². The first-order valence-electron chi connectivity index (χ1n) is 8.22.